The second-order valence-electron chi connectivity index (χ2n) is 2.89. The van der Waals surface area contributed by atoms with Crippen molar-refractivity contribution >= 4 is 17.0 Å². The van der Waals surface area contributed by atoms with Crippen molar-refractivity contribution in [2.45, 2.75) is 18.6 Å². The average molecular weight is 227 g/mol. The summed E-state index contributed by atoms with van der Waals surface area (Å²) >= 11 is -2.43. The minimum atomic E-state index is -2.43. The molecule has 0 spiro atoms. The Morgan fingerprint density at radius 1 is 1.47 bits per heavy atom. The summed E-state index contributed by atoms with van der Waals surface area (Å²) in [6, 6.07) is 8.38. The van der Waals surface area contributed by atoms with Gasteiger partial charge in [-0.15, -0.1) is 0 Å². The van der Waals surface area contributed by atoms with Crippen molar-refractivity contribution in [3.8, 4) is 5.75 Å². The van der Waals surface area contributed by atoms with Crippen LogP contribution in [0.25, 0.3) is 0 Å². The first-order valence-corrected chi connectivity index (χ1v) is 5.63. The molecule has 2 atom stereocenters. The van der Waals surface area contributed by atoms with Crippen LogP contribution in [0.2, 0.25) is 0 Å². The van der Waals surface area contributed by atoms with Gasteiger partial charge in [-0.25, -0.2) is 0 Å². The first-order chi connectivity index (χ1) is 7.15. The van der Waals surface area contributed by atoms with Gasteiger partial charge in [-0.2, -0.15) is 0 Å². The summed E-state index contributed by atoms with van der Waals surface area (Å²) in [4.78, 5) is 11.4. The largest absolute Gasteiger partial charge is 0.772 e. The van der Waals surface area contributed by atoms with E-state index in [1.807, 2.05) is 0 Å². The van der Waals surface area contributed by atoms with Crippen LogP contribution < -0.4 is 4.74 Å². The summed E-state index contributed by atoms with van der Waals surface area (Å²) in [7, 11) is 0. The summed E-state index contributed by atoms with van der Waals surface area (Å²) < 4.78 is 26.2. The lowest BCUT2D eigenvalue weighted by Gasteiger charge is -2.16. The Hall–Kier alpha value is -1.20. The van der Waals surface area contributed by atoms with E-state index in [0.29, 0.717) is 5.75 Å². The van der Waals surface area contributed by atoms with Crippen LogP contribution in [0.4, 0.5) is 0 Å². The molecule has 1 rings (SSSR count). The van der Waals surface area contributed by atoms with Gasteiger partial charge in [0.05, 0.1) is 0 Å². The Labute approximate surface area is 90.5 Å². The van der Waals surface area contributed by atoms with E-state index in [9.17, 15) is 13.6 Å². The smallest absolute Gasteiger partial charge is 0.325 e. The second-order valence-corrected chi connectivity index (χ2v) is 3.98. The fourth-order valence-corrected chi connectivity index (χ4v) is 1.53. The van der Waals surface area contributed by atoms with Crippen molar-refractivity contribution in [2.24, 2.45) is 0 Å². The molecule has 0 N–H and O–H groups in total. The molecular formula is C10H11O4S-. The summed E-state index contributed by atoms with van der Waals surface area (Å²) in [5.74, 6) is -0.386. The van der Waals surface area contributed by atoms with E-state index in [4.69, 9.17) is 4.74 Å². The minimum Gasteiger partial charge on any atom is -0.772 e. The van der Waals surface area contributed by atoms with Crippen molar-refractivity contribution in [2.75, 3.05) is 0 Å². The SMILES string of the molecule is CCC(C(=O)Oc1ccccc1)S(=O)[O-]. The highest BCUT2D eigenvalue weighted by atomic mass is 32.2. The highest BCUT2D eigenvalue weighted by Crippen LogP contribution is 2.11. The second kappa shape index (κ2) is 5.63. The van der Waals surface area contributed by atoms with Crippen molar-refractivity contribution in [1.82, 2.24) is 0 Å². The fourth-order valence-electron chi connectivity index (χ4n) is 1.05. The Bertz CT molecular complexity index is 350. The van der Waals surface area contributed by atoms with Crippen molar-refractivity contribution in [3.63, 3.8) is 0 Å². The Morgan fingerprint density at radius 2 is 2.07 bits per heavy atom. The predicted octanol–water partition coefficient (Wildman–Crippen LogP) is 1.25. The molecular weight excluding hydrogens is 216 g/mol. The number of benzene rings is 1. The van der Waals surface area contributed by atoms with E-state index in [2.05, 4.69) is 0 Å². The van der Waals surface area contributed by atoms with E-state index in [1.165, 1.54) is 0 Å². The molecule has 82 valence electrons. The van der Waals surface area contributed by atoms with Crippen molar-refractivity contribution in [1.29, 1.82) is 0 Å². The molecule has 4 nitrogen and oxygen atoms in total. The first kappa shape index (κ1) is 11.9. The summed E-state index contributed by atoms with van der Waals surface area (Å²) in [5.41, 5.74) is 0. The summed E-state index contributed by atoms with van der Waals surface area (Å²) in [5, 5.41) is -1.09. The van der Waals surface area contributed by atoms with Crippen LogP contribution in [0.1, 0.15) is 13.3 Å². The number of esters is 1. The van der Waals surface area contributed by atoms with Crippen LogP contribution in [0.15, 0.2) is 30.3 Å². The van der Waals surface area contributed by atoms with Gasteiger partial charge < -0.3 is 9.29 Å². The van der Waals surface area contributed by atoms with Gasteiger partial charge in [0.2, 0.25) is 0 Å². The van der Waals surface area contributed by atoms with Crippen LogP contribution >= 0.6 is 0 Å². The quantitative estimate of drug-likeness (QED) is 0.441. The molecule has 1 aromatic rings. The topological polar surface area (TPSA) is 66.4 Å². The molecule has 0 fully saturated rings. The first-order valence-electron chi connectivity index (χ1n) is 4.50. The number of hydrogen-bond acceptors (Lipinski definition) is 4. The average Bonchev–Trinajstić information content (AvgIpc) is 2.19. The van der Waals surface area contributed by atoms with Crippen LogP contribution in [0.5, 0.6) is 5.75 Å². The van der Waals surface area contributed by atoms with E-state index in [-0.39, 0.29) is 6.42 Å². The maximum absolute atomic E-state index is 11.4. The van der Waals surface area contributed by atoms with Gasteiger partial charge in [0.15, 0.2) is 0 Å². The molecule has 1 aromatic carbocycles. The maximum Gasteiger partial charge on any atom is 0.325 e. The highest BCUT2D eigenvalue weighted by molar-refractivity contribution is 7.80. The number of para-hydroxylation sites is 1. The van der Waals surface area contributed by atoms with E-state index in [1.54, 1.807) is 37.3 Å². The molecule has 0 heterocycles. The molecule has 15 heavy (non-hydrogen) atoms. The standard InChI is InChI=1S/C10H12O4S/c1-2-9(15(12)13)10(11)14-8-6-4-3-5-7-8/h3-7,9H,2H2,1H3,(H,12,13)/p-1. The monoisotopic (exact) mass is 227 g/mol. The number of ether oxygens (including phenoxy) is 1. The van der Waals surface area contributed by atoms with Gasteiger partial charge in [0.25, 0.3) is 0 Å². The van der Waals surface area contributed by atoms with Crippen LogP contribution in [-0.2, 0) is 15.9 Å². The zero-order valence-electron chi connectivity index (χ0n) is 8.21. The third-order valence-corrected chi connectivity index (χ3v) is 2.82. The summed E-state index contributed by atoms with van der Waals surface area (Å²) in [6.45, 7) is 1.62. The van der Waals surface area contributed by atoms with Gasteiger partial charge in [-0.3, -0.25) is 9.00 Å². The lowest BCUT2D eigenvalue weighted by atomic mass is 10.3. The van der Waals surface area contributed by atoms with Crippen LogP contribution in [0.3, 0.4) is 0 Å². The number of carbonyl (C=O) groups excluding carboxylic acids is 1. The van der Waals surface area contributed by atoms with Crippen LogP contribution in [-0.4, -0.2) is 20.0 Å². The molecule has 0 aliphatic carbocycles. The zero-order chi connectivity index (χ0) is 11.3. The lowest BCUT2D eigenvalue weighted by Crippen LogP contribution is -2.29. The normalized spacial score (nSPS) is 14.3. The molecule has 2 unspecified atom stereocenters. The van der Waals surface area contributed by atoms with E-state index >= 15 is 0 Å². The van der Waals surface area contributed by atoms with Crippen LogP contribution in [0, 0.1) is 0 Å². The van der Waals surface area contributed by atoms with Crippen molar-refractivity contribution < 1.29 is 18.3 Å². The Kier molecular flexibility index (Phi) is 4.45. The fraction of sp³-hybridized carbons (Fsp3) is 0.300. The van der Waals surface area contributed by atoms with Gasteiger partial charge in [0, 0.05) is 0 Å². The van der Waals surface area contributed by atoms with E-state index < -0.39 is 22.3 Å². The lowest BCUT2D eigenvalue weighted by molar-refractivity contribution is -0.134. The highest BCUT2D eigenvalue weighted by Gasteiger charge is 2.19. The molecule has 0 aromatic heterocycles. The Morgan fingerprint density at radius 3 is 2.53 bits per heavy atom. The number of carbonyl (C=O) groups is 1. The molecule has 0 aliphatic heterocycles. The molecule has 5 heteroatoms. The van der Waals surface area contributed by atoms with Crippen molar-refractivity contribution in [3.05, 3.63) is 30.3 Å². The zero-order valence-corrected chi connectivity index (χ0v) is 9.03. The van der Waals surface area contributed by atoms with E-state index in [0.717, 1.165) is 0 Å². The molecule has 0 saturated carbocycles. The van der Waals surface area contributed by atoms with Gasteiger partial charge in [-0.05, 0) is 29.6 Å². The molecule has 0 aliphatic rings. The maximum atomic E-state index is 11.4. The molecule has 0 amide bonds. The molecule has 0 saturated heterocycles. The van der Waals surface area contributed by atoms with Gasteiger partial charge >= 0.3 is 5.97 Å². The summed E-state index contributed by atoms with van der Waals surface area (Å²) in [6.07, 6.45) is 0.210. The molecule has 0 bridgehead atoms. The number of rotatable bonds is 4. The number of hydrogen-bond donors (Lipinski definition) is 0. The predicted molar refractivity (Wildman–Crippen MR) is 55.1 cm³/mol. The molecule has 0 radical (unpaired) electrons. The van der Waals surface area contributed by atoms with Gasteiger partial charge in [0.1, 0.15) is 11.0 Å². The third-order valence-electron chi connectivity index (χ3n) is 1.83. The Balaban J connectivity index is 2.66. The third kappa shape index (κ3) is 3.45. The minimum absolute atomic E-state index is 0.210. The van der Waals surface area contributed by atoms with Gasteiger partial charge in [-0.1, -0.05) is 25.1 Å².